The van der Waals surface area contributed by atoms with E-state index in [0.717, 1.165) is 11.3 Å². The van der Waals surface area contributed by atoms with Gasteiger partial charge in [0.25, 0.3) is 5.91 Å². The zero-order valence-corrected chi connectivity index (χ0v) is 18.4. The molecule has 2 aromatic rings. The van der Waals surface area contributed by atoms with Gasteiger partial charge in [0.15, 0.2) is 11.5 Å². The molecule has 1 atom stereocenters. The van der Waals surface area contributed by atoms with Crippen molar-refractivity contribution in [2.75, 3.05) is 52.8 Å². The van der Waals surface area contributed by atoms with Crippen molar-refractivity contribution in [3.05, 3.63) is 53.6 Å². The van der Waals surface area contributed by atoms with Crippen molar-refractivity contribution in [3.8, 4) is 11.5 Å². The Labute approximate surface area is 174 Å². The molecule has 0 radical (unpaired) electrons. The molecular formula is C23H33N3O3. The maximum atomic E-state index is 12.7. The standard InChI is InChI=1S/C23H33N3O3/c1-7-28-21-14-11-18(15-22(21)29-8-2)23(27)24-16-20(26(5)6)17-9-12-19(13-10-17)25(3)4/h9-15,20H,7-8,16H2,1-6H3,(H,24,27)/t20-/m0/s1. The van der Waals surface area contributed by atoms with Crippen molar-refractivity contribution >= 4 is 11.6 Å². The zero-order chi connectivity index (χ0) is 21.4. The van der Waals surface area contributed by atoms with E-state index < -0.39 is 0 Å². The summed E-state index contributed by atoms with van der Waals surface area (Å²) in [6.45, 7) is 5.39. The lowest BCUT2D eigenvalue weighted by atomic mass is 10.0. The molecule has 1 amide bonds. The molecule has 1 N–H and O–H groups in total. The molecule has 6 heteroatoms. The van der Waals surface area contributed by atoms with E-state index >= 15 is 0 Å². The predicted octanol–water partition coefficient (Wildman–Crippen LogP) is 3.58. The summed E-state index contributed by atoms with van der Waals surface area (Å²) in [5.41, 5.74) is 2.85. The number of hydrogen-bond acceptors (Lipinski definition) is 5. The fourth-order valence-corrected chi connectivity index (χ4v) is 3.08. The highest BCUT2D eigenvalue weighted by molar-refractivity contribution is 5.94. The number of nitrogens with one attached hydrogen (secondary N) is 1. The van der Waals surface area contributed by atoms with Crippen molar-refractivity contribution in [2.45, 2.75) is 19.9 Å². The largest absolute Gasteiger partial charge is 0.490 e. The molecule has 0 aliphatic heterocycles. The Bertz CT molecular complexity index is 788. The molecule has 0 saturated carbocycles. The van der Waals surface area contributed by atoms with E-state index in [9.17, 15) is 4.79 Å². The third-order valence-electron chi connectivity index (χ3n) is 4.68. The number of benzene rings is 2. The molecular weight excluding hydrogens is 366 g/mol. The molecule has 0 aromatic heterocycles. The first-order valence-electron chi connectivity index (χ1n) is 9.98. The highest BCUT2D eigenvalue weighted by Crippen LogP contribution is 2.28. The predicted molar refractivity (Wildman–Crippen MR) is 118 cm³/mol. The van der Waals surface area contributed by atoms with Crippen LogP contribution in [0.5, 0.6) is 11.5 Å². The Morgan fingerprint density at radius 2 is 1.55 bits per heavy atom. The van der Waals surface area contributed by atoms with Crippen molar-refractivity contribution in [1.82, 2.24) is 10.2 Å². The molecule has 158 valence electrons. The topological polar surface area (TPSA) is 54.0 Å². The van der Waals surface area contributed by atoms with Gasteiger partial charge < -0.3 is 24.6 Å². The van der Waals surface area contributed by atoms with Gasteiger partial charge in [0, 0.05) is 31.9 Å². The molecule has 0 unspecified atom stereocenters. The highest BCUT2D eigenvalue weighted by Gasteiger charge is 2.17. The summed E-state index contributed by atoms with van der Waals surface area (Å²) in [4.78, 5) is 16.9. The third-order valence-corrected chi connectivity index (χ3v) is 4.68. The number of likely N-dealkylation sites (N-methyl/N-ethyl adjacent to an activating group) is 1. The summed E-state index contributed by atoms with van der Waals surface area (Å²) in [6, 6.07) is 13.8. The molecule has 29 heavy (non-hydrogen) atoms. The van der Waals surface area contributed by atoms with Crippen LogP contribution < -0.4 is 19.7 Å². The van der Waals surface area contributed by atoms with Crippen LogP contribution in [-0.2, 0) is 0 Å². The van der Waals surface area contributed by atoms with Gasteiger partial charge in [0.05, 0.1) is 19.3 Å². The quantitative estimate of drug-likeness (QED) is 0.662. The first-order chi connectivity index (χ1) is 13.9. The van der Waals surface area contributed by atoms with Crippen LogP contribution in [0.4, 0.5) is 5.69 Å². The van der Waals surface area contributed by atoms with Crippen molar-refractivity contribution in [1.29, 1.82) is 0 Å². The van der Waals surface area contributed by atoms with Gasteiger partial charge in [-0.05, 0) is 63.8 Å². The minimum atomic E-state index is -0.134. The van der Waals surface area contributed by atoms with Crippen molar-refractivity contribution < 1.29 is 14.3 Å². The van der Waals surface area contributed by atoms with Crippen molar-refractivity contribution in [2.24, 2.45) is 0 Å². The maximum Gasteiger partial charge on any atom is 0.251 e. The van der Waals surface area contributed by atoms with E-state index in [1.54, 1.807) is 18.2 Å². The number of ether oxygens (including phenoxy) is 2. The summed E-state index contributed by atoms with van der Waals surface area (Å²) in [5.74, 6) is 1.11. The van der Waals surface area contributed by atoms with Gasteiger partial charge in [0.1, 0.15) is 0 Å². The first-order valence-corrected chi connectivity index (χ1v) is 9.98. The van der Waals surface area contributed by atoms with Crippen LogP contribution in [0, 0.1) is 0 Å². The first kappa shape index (κ1) is 22.6. The Hall–Kier alpha value is -2.73. The maximum absolute atomic E-state index is 12.7. The van der Waals surface area contributed by atoms with E-state index in [4.69, 9.17) is 9.47 Å². The average Bonchev–Trinajstić information content (AvgIpc) is 2.69. The third kappa shape index (κ3) is 6.12. The lowest BCUT2D eigenvalue weighted by Gasteiger charge is -2.26. The van der Waals surface area contributed by atoms with E-state index in [-0.39, 0.29) is 11.9 Å². The molecule has 0 fully saturated rings. The average molecular weight is 400 g/mol. The van der Waals surface area contributed by atoms with E-state index in [1.165, 1.54) is 0 Å². The van der Waals surface area contributed by atoms with Crippen LogP contribution in [0.15, 0.2) is 42.5 Å². The second-order valence-corrected chi connectivity index (χ2v) is 7.20. The monoisotopic (exact) mass is 399 g/mol. The summed E-state index contributed by atoms with van der Waals surface area (Å²) >= 11 is 0. The molecule has 0 heterocycles. The van der Waals surface area contributed by atoms with Crippen LogP contribution in [0.3, 0.4) is 0 Å². The second kappa shape index (κ2) is 10.7. The van der Waals surface area contributed by atoms with Crippen LogP contribution >= 0.6 is 0 Å². The van der Waals surface area contributed by atoms with Crippen LogP contribution in [0.1, 0.15) is 35.8 Å². The molecule has 0 spiro atoms. The molecule has 2 aromatic carbocycles. The lowest BCUT2D eigenvalue weighted by molar-refractivity contribution is 0.0941. The molecule has 0 bridgehead atoms. The van der Waals surface area contributed by atoms with Gasteiger partial charge in [-0.15, -0.1) is 0 Å². The van der Waals surface area contributed by atoms with E-state index in [1.807, 2.05) is 42.0 Å². The molecule has 0 aliphatic rings. The van der Waals surface area contributed by atoms with Crippen molar-refractivity contribution in [3.63, 3.8) is 0 Å². The normalized spacial score (nSPS) is 11.8. The smallest absolute Gasteiger partial charge is 0.251 e. The van der Waals surface area contributed by atoms with Gasteiger partial charge in [-0.25, -0.2) is 0 Å². The Kier molecular flexibility index (Phi) is 8.34. The number of carbonyl (C=O) groups is 1. The van der Waals surface area contributed by atoms with Gasteiger partial charge >= 0.3 is 0 Å². The van der Waals surface area contributed by atoms with Crippen LogP contribution in [0.25, 0.3) is 0 Å². The number of nitrogens with zero attached hydrogens (tertiary/aromatic N) is 2. The minimum Gasteiger partial charge on any atom is -0.490 e. The number of anilines is 1. The summed E-state index contributed by atoms with van der Waals surface area (Å²) in [7, 11) is 8.07. The molecule has 0 aliphatic carbocycles. The highest BCUT2D eigenvalue weighted by atomic mass is 16.5. The Morgan fingerprint density at radius 3 is 2.10 bits per heavy atom. The SMILES string of the molecule is CCOc1ccc(C(=O)NC[C@@H](c2ccc(N(C)C)cc2)N(C)C)cc1OCC. The Balaban J connectivity index is 2.11. The summed E-state index contributed by atoms with van der Waals surface area (Å²) in [6.07, 6.45) is 0. The molecule has 6 nitrogen and oxygen atoms in total. The van der Waals surface area contributed by atoms with Gasteiger partial charge in [-0.2, -0.15) is 0 Å². The fraction of sp³-hybridized carbons (Fsp3) is 0.435. The second-order valence-electron chi connectivity index (χ2n) is 7.20. The lowest BCUT2D eigenvalue weighted by Crippen LogP contribution is -2.34. The fourth-order valence-electron chi connectivity index (χ4n) is 3.08. The number of rotatable bonds is 10. The molecule has 2 rings (SSSR count). The number of hydrogen-bond donors (Lipinski definition) is 1. The minimum absolute atomic E-state index is 0.0734. The van der Waals surface area contributed by atoms with Crippen LogP contribution in [-0.4, -0.2) is 58.8 Å². The van der Waals surface area contributed by atoms with E-state index in [0.29, 0.717) is 36.8 Å². The summed E-state index contributed by atoms with van der Waals surface area (Å²) < 4.78 is 11.2. The van der Waals surface area contributed by atoms with E-state index in [2.05, 4.69) is 39.4 Å². The number of amides is 1. The zero-order valence-electron chi connectivity index (χ0n) is 18.4. The van der Waals surface area contributed by atoms with Gasteiger partial charge in [-0.3, -0.25) is 4.79 Å². The van der Waals surface area contributed by atoms with Gasteiger partial charge in [-0.1, -0.05) is 12.1 Å². The Morgan fingerprint density at radius 1 is 0.931 bits per heavy atom. The van der Waals surface area contributed by atoms with Crippen LogP contribution in [0.2, 0.25) is 0 Å². The van der Waals surface area contributed by atoms with Gasteiger partial charge in [0.2, 0.25) is 0 Å². The summed E-state index contributed by atoms with van der Waals surface area (Å²) in [5, 5.41) is 3.05. The number of carbonyl (C=O) groups excluding carboxylic acids is 1. The molecule has 0 saturated heterocycles.